The van der Waals surface area contributed by atoms with Crippen LogP contribution in [0.2, 0.25) is 0 Å². The molecule has 0 aromatic heterocycles. The Bertz CT molecular complexity index is 467. The van der Waals surface area contributed by atoms with E-state index >= 15 is 0 Å². The zero-order valence-electron chi connectivity index (χ0n) is 11.0. The maximum atomic E-state index is 13.6. The number of benzene rings is 1. The zero-order valence-corrected chi connectivity index (χ0v) is 12.6. The van der Waals surface area contributed by atoms with E-state index < -0.39 is 5.82 Å². The summed E-state index contributed by atoms with van der Waals surface area (Å²) in [6.45, 7) is 4.68. The monoisotopic (exact) mass is 329 g/mol. The summed E-state index contributed by atoms with van der Waals surface area (Å²) in [6, 6.07) is 4.64. The molecule has 2 rings (SSSR count). The second-order valence-electron chi connectivity index (χ2n) is 5.30. The predicted octanol–water partition coefficient (Wildman–Crippen LogP) is 1.84. The largest absolute Gasteiger partial charge is 0.327 e. The number of hydrogen-bond acceptors (Lipinski definition) is 1. The van der Waals surface area contributed by atoms with Gasteiger partial charge < -0.3 is 10.2 Å². The summed E-state index contributed by atoms with van der Waals surface area (Å²) in [5.41, 5.74) is 0.248. The van der Waals surface area contributed by atoms with E-state index in [0.717, 1.165) is 19.5 Å². The summed E-state index contributed by atoms with van der Waals surface area (Å²) in [5.74, 6) is 0.135. The summed E-state index contributed by atoms with van der Waals surface area (Å²) < 4.78 is 14.3. The van der Waals surface area contributed by atoms with Crippen molar-refractivity contribution in [3.8, 4) is 0 Å². The van der Waals surface area contributed by atoms with Crippen LogP contribution < -0.4 is 10.2 Å². The molecule has 0 bridgehead atoms. The fraction of sp³-hybridized carbons (Fsp3) is 0.500. The number of anilines is 1. The molecule has 2 atom stereocenters. The molecule has 0 saturated carbocycles. The average Bonchev–Trinajstić information content (AvgIpc) is 2.33. The number of carbonyl (C=O) groups is 1. The van der Waals surface area contributed by atoms with Crippen LogP contribution in [0.1, 0.15) is 19.8 Å². The quantitative estimate of drug-likeness (QED) is 0.871. The van der Waals surface area contributed by atoms with Crippen molar-refractivity contribution in [2.75, 3.05) is 25.0 Å². The van der Waals surface area contributed by atoms with Gasteiger partial charge in [0.25, 0.3) is 5.91 Å². The van der Waals surface area contributed by atoms with E-state index in [-0.39, 0.29) is 11.6 Å². The van der Waals surface area contributed by atoms with Gasteiger partial charge in [0, 0.05) is 10.4 Å². The summed E-state index contributed by atoms with van der Waals surface area (Å²) in [5, 5.41) is 2.64. The van der Waals surface area contributed by atoms with Gasteiger partial charge >= 0.3 is 0 Å². The predicted molar refractivity (Wildman–Crippen MR) is 76.7 cm³/mol. The fourth-order valence-corrected chi connectivity index (χ4v) is 2.90. The number of likely N-dealkylation sites (tertiary alicyclic amines) is 1. The highest BCUT2D eigenvalue weighted by Gasteiger charge is 2.22. The first-order chi connectivity index (χ1) is 9.04. The van der Waals surface area contributed by atoms with Crippen LogP contribution in [0.4, 0.5) is 10.1 Å². The smallest absolute Gasteiger partial charge is 0.279 e. The van der Waals surface area contributed by atoms with Crippen LogP contribution in [0.5, 0.6) is 0 Å². The highest BCUT2D eigenvalue weighted by Crippen LogP contribution is 2.19. The summed E-state index contributed by atoms with van der Waals surface area (Å²) >= 11 is 3.19. The van der Waals surface area contributed by atoms with Crippen LogP contribution in [0.3, 0.4) is 0 Å². The molecule has 1 aliphatic rings. The molecule has 1 amide bonds. The normalized spacial score (nSPS) is 23.1. The first kappa shape index (κ1) is 14.5. The highest BCUT2D eigenvalue weighted by atomic mass is 79.9. The molecular weight excluding hydrogens is 311 g/mol. The van der Waals surface area contributed by atoms with Gasteiger partial charge in [-0.3, -0.25) is 4.79 Å². The molecule has 1 aromatic rings. The van der Waals surface area contributed by atoms with Gasteiger partial charge in [0.05, 0.1) is 18.8 Å². The molecule has 0 aliphatic carbocycles. The number of carbonyl (C=O) groups excluding carboxylic acids is 1. The first-order valence-corrected chi connectivity index (χ1v) is 7.42. The van der Waals surface area contributed by atoms with E-state index in [0.29, 0.717) is 16.9 Å². The Hall–Kier alpha value is -0.940. The number of quaternary nitrogens is 1. The number of piperidine rings is 1. The Morgan fingerprint density at radius 2 is 2.37 bits per heavy atom. The third-order valence-electron chi connectivity index (χ3n) is 3.48. The maximum Gasteiger partial charge on any atom is 0.279 e. The van der Waals surface area contributed by atoms with E-state index in [1.54, 1.807) is 12.1 Å². The molecule has 1 unspecified atom stereocenters. The standard InChI is InChI=1S/C14H18BrFN2O/c1-10-3-2-6-18(8-10)9-14(19)17-13-5-4-11(15)7-12(13)16/h4-5,7,10H,2-3,6,8-9H2,1H3,(H,17,19)/p+1/t10-/m0/s1. The molecule has 0 radical (unpaired) electrons. The van der Waals surface area contributed by atoms with Gasteiger partial charge in [-0.2, -0.15) is 0 Å². The second-order valence-corrected chi connectivity index (χ2v) is 6.22. The van der Waals surface area contributed by atoms with Crippen LogP contribution in [-0.4, -0.2) is 25.5 Å². The van der Waals surface area contributed by atoms with E-state index in [4.69, 9.17) is 0 Å². The minimum atomic E-state index is -0.412. The Kier molecular flexibility index (Phi) is 4.93. The minimum Gasteiger partial charge on any atom is -0.327 e. The summed E-state index contributed by atoms with van der Waals surface area (Å²) in [6.07, 6.45) is 2.41. The van der Waals surface area contributed by atoms with Crippen LogP contribution in [0.15, 0.2) is 22.7 Å². The zero-order chi connectivity index (χ0) is 13.8. The van der Waals surface area contributed by atoms with Crippen molar-refractivity contribution in [3.05, 3.63) is 28.5 Å². The Labute approximate surface area is 121 Å². The molecule has 3 nitrogen and oxygen atoms in total. The van der Waals surface area contributed by atoms with Crippen molar-refractivity contribution in [1.82, 2.24) is 0 Å². The molecule has 1 heterocycles. The van der Waals surface area contributed by atoms with Crippen molar-refractivity contribution in [2.24, 2.45) is 5.92 Å². The fourth-order valence-electron chi connectivity index (χ4n) is 2.57. The molecule has 5 heteroatoms. The van der Waals surface area contributed by atoms with Crippen LogP contribution >= 0.6 is 15.9 Å². The van der Waals surface area contributed by atoms with Crippen molar-refractivity contribution in [2.45, 2.75) is 19.8 Å². The van der Waals surface area contributed by atoms with Gasteiger partial charge in [-0.15, -0.1) is 0 Å². The van der Waals surface area contributed by atoms with Gasteiger partial charge in [0.2, 0.25) is 0 Å². The lowest BCUT2D eigenvalue weighted by Gasteiger charge is -2.27. The Morgan fingerprint density at radius 3 is 3.05 bits per heavy atom. The maximum absolute atomic E-state index is 13.6. The van der Waals surface area contributed by atoms with Gasteiger partial charge in [-0.05, 0) is 31.0 Å². The third kappa shape index (κ3) is 4.28. The van der Waals surface area contributed by atoms with Gasteiger partial charge in [-0.25, -0.2) is 4.39 Å². The second kappa shape index (κ2) is 6.48. The number of nitrogens with one attached hydrogen (secondary N) is 2. The molecule has 19 heavy (non-hydrogen) atoms. The third-order valence-corrected chi connectivity index (χ3v) is 3.97. The van der Waals surface area contributed by atoms with Crippen LogP contribution in [0, 0.1) is 11.7 Å². The molecule has 1 aliphatic heterocycles. The van der Waals surface area contributed by atoms with Crippen LogP contribution in [-0.2, 0) is 4.79 Å². The Morgan fingerprint density at radius 1 is 1.58 bits per heavy atom. The lowest BCUT2D eigenvalue weighted by Crippen LogP contribution is -3.14. The Balaban J connectivity index is 1.90. The molecule has 104 valence electrons. The van der Waals surface area contributed by atoms with E-state index in [1.807, 2.05) is 0 Å². The first-order valence-electron chi connectivity index (χ1n) is 6.63. The van der Waals surface area contributed by atoms with Gasteiger partial charge in [-0.1, -0.05) is 22.9 Å². The van der Waals surface area contributed by atoms with Crippen molar-refractivity contribution in [1.29, 1.82) is 0 Å². The van der Waals surface area contributed by atoms with Gasteiger partial charge in [0.15, 0.2) is 6.54 Å². The van der Waals surface area contributed by atoms with Crippen molar-refractivity contribution < 1.29 is 14.1 Å². The van der Waals surface area contributed by atoms with E-state index in [1.165, 1.54) is 17.4 Å². The topological polar surface area (TPSA) is 33.5 Å². The number of amides is 1. The molecule has 1 fully saturated rings. The summed E-state index contributed by atoms with van der Waals surface area (Å²) in [4.78, 5) is 13.2. The average molecular weight is 330 g/mol. The van der Waals surface area contributed by atoms with E-state index in [2.05, 4.69) is 28.2 Å². The molecule has 1 saturated heterocycles. The lowest BCUT2D eigenvalue weighted by atomic mass is 10.0. The van der Waals surface area contributed by atoms with Gasteiger partial charge in [0.1, 0.15) is 5.82 Å². The lowest BCUT2D eigenvalue weighted by molar-refractivity contribution is -0.900. The number of rotatable bonds is 3. The molecule has 1 aromatic carbocycles. The van der Waals surface area contributed by atoms with E-state index in [9.17, 15) is 9.18 Å². The molecule has 0 spiro atoms. The summed E-state index contributed by atoms with van der Waals surface area (Å²) in [7, 11) is 0. The van der Waals surface area contributed by atoms with Crippen molar-refractivity contribution in [3.63, 3.8) is 0 Å². The number of hydrogen-bond donors (Lipinski definition) is 2. The molecule has 2 N–H and O–H groups in total. The SMILES string of the molecule is C[C@H]1CCC[NH+](CC(=O)Nc2ccc(Br)cc2F)C1. The minimum absolute atomic E-state index is 0.120. The number of halogens is 2. The highest BCUT2D eigenvalue weighted by molar-refractivity contribution is 9.10. The van der Waals surface area contributed by atoms with Crippen LogP contribution in [0.25, 0.3) is 0 Å². The molecular formula is C14H19BrFN2O+. The van der Waals surface area contributed by atoms with Crippen molar-refractivity contribution >= 4 is 27.5 Å².